The highest BCUT2D eigenvalue weighted by Crippen LogP contribution is 2.27. The van der Waals surface area contributed by atoms with Crippen molar-refractivity contribution < 1.29 is 5.11 Å². The fraction of sp³-hybridized carbons (Fsp3) is 0.667. The van der Waals surface area contributed by atoms with Gasteiger partial charge in [-0.05, 0) is 15.9 Å². The summed E-state index contributed by atoms with van der Waals surface area (Å²) in [5.41, 5.74) is 1.13. The Morgan fingerprint density at radius 2 is 2.08 bits per heavy atom. The van der Waals surface area contributed by atoms with Crippen LogP contribution >= 0.6 is 15.9 Å². The van der Waals surface area contributed by atoms with E-state index in [4.69, 9.17) is 5.11 Å². The zero-order valence-electron chi connectivity index (χ0n) is 8.19. The van der Waals surface area contributed by atoms with Gasteiger partial charge >= 0.3 is 0 Å². The fourth-order valence-electron chi connectivity index (χ4n) is 1.12. The molecule has 0 unspecified atom stereocenters. The molecule has 0 aliphatic heterocycles. The van der Waals surface area contributed by atoms with Crippen LogP contribution in [0.3, 0.4) is 0 Å². The van der Waals surface area contributed by atoms with E-state index in [0.29, 0.717) is 6.42 Å². The van der Waals surface area contributed by atoms with Crippen LogP contribution in [-0.4, -0.2) is 21.7 Å². The number of aliphatic hydroxyl groups is 1. The molecule has 0 aliphatic rings. The summed E-state index contributed by atoms with van der Waals surface area (Å²) in [7, 11) is 0. The van der Waals surface area contributed by atoms with E-state index < -0.39 is 0 Å². The van der Waals surface area contributed by atoms with Crippen LogP contribution in [0.2, 0.25) is 0 Å². The third-order valence-electron chi connectivity index (χ3n) is 1.81. The van der Waals surface area contributed by atoms with E-state index in [-0.39, 0.29) is 12.0 Å². The van der Waals surface area contributed by atoms with Gasteiger partial charge in [-0.2, -0.15) is 0 Å². The molecule has 0 fully saturated rings. The highest BCUT2D eigenvalue weighted by atomic mass is 79.9. The molecule has 0 spiro atoms. The molecule has 0 amide bonds. The van der Waals surface area contributed by atoms with Gasteiger partial charge < -0.3 is 10.1 Å². The number of aromatic amines is 1. The summed E-state index contributed by atoms with van der Waals surface area (Å²) in [6.07, 6.45) is 0.578. The largest absolute Gasteiger partial charge is 0.396 e. The Labute approximate surface area is 86.7 Å². The number of aromatic nitrogens is 2. The average molecular weight is 247 g/mol. The molecule has 0 aromatic carbocycles. The minimum Gasteiger partial charge on any atom is -0.396 e. The highest BCUT2D eigenvalue weighted by molar-refractivity contribution is 9.10. The van der Waals surface area contributed by atoms with Crippen LogP contribution in [0.1, 0.15) is 32.3 Å². The number of nitrogens with zero attached hydrogens (tertiary/aromatic N) is 1. The first-order valence-corrected chi connectivity index (χ1v) is 5.10. The van der Waals surface area contributed by atoms with Crippen LogP contribution in [0.5, 0.6) is 0 Å². The zero-order valence-corrected chi connectivity index (χ0v) is 9.77. The minimum atomic E-state index is 0.0551. The Hall–Kier alpha value is -0.350. The second-order valence-electron chi connectivity index (χ2n) is 4.07. The molecule has 13 heavy (non-hydrogen) atoms. The maximum atomic E-state index is 8.75. The summed E-state index contributed by atoms with van der Waals surface area (Å²) in [6.45, 7) is 6.49. The number of rotatable bonds is 2. The van der Waals surface area contributed by atoms with Crippen molar-refractivity contribution in [3.63, 3.8) is 0 Å². The van der Waals surface area contributed by atoms with Gasteiger partial charge in [0.15, 0.2) is 0 Å². The Balaban J connectivity index is 2.96. The Bertz CT molecular complexity index is 288. The van der Waals surface area contributed by atoms with Crippen molar-refractivity contribution in [2.75, 3.05) is 6.61 Å². The van der Waals surface area contributed by atoms with Crippen LogP contribution in [0.4, 0.5) is 0 Å². The number of hydrogen-bond donors (Lipinski definition) is 2. The van der Waals surface area contributed by atoms with Crippen LogP contribution in [0.25, 0.3) is 0 Å². The summed E-state index contributed by atoms with van der Waals surface area (Å²) >= 11 is 3.40. The van der Waals surface area contributed by atoms with Crippen molar-refractivity contribution in [3.05, 3.63) is 16.1 Å². The van der Waals surface area contributed by atoms with Crippen LogP contribution in [-0.2, 0) is 11.8 Å². The number of hydrogen-bond acceptors (Lipinski definition) is 2. The monoisotopic (exact) mass is 246 g/mol. The quantitative estimate of drug-likeness (QED) is 0.839. The average Bonchev–Trinajstić information content (AvgIpc) is 2.30. The fourth-order valence-corrected chi connectivity index (χ4v) is 2.03. The van der Waals surface area contributed by atoms with Crippen LogP contribution < -0.4 is 0 Å². The predicted molar refractivity (Wildman–Crippen MR) is 55.8 cm³/mol. The van der Waals surface area contributed by atoms with Gasteiger partial charge in [0.1, 0.15) is 10.4 Å². The van der Waals surface area contributed by atoms with E-state index in [0.717, 1.165) is 16.1 Å². The molecule has 1 rings (SSSR count). The summed E-state index contributed by atoms with van der Waals surface area (Å²) in [5, 5.41) is 8.75. The van der Waals surface area contributed by atoms with Crippen molar-refractivity contribution in [1.29, 1.82) is 0 Å². The van der Waals surface area contributed by atoms with Crippen molar-refractivity contribution in [1.82, 2.24) is 9.97 Å². The van der Waals surface area contributed by atoms with Crippen molar-refractivity contribution in [2.24, 2.45) is 0 Å². The van der Waals surface area contributed by atoms with E-state index in [9.17, 15) is 0 Å². The second kappa shape index (κ2) is 3.80. The molecule has 0 atom stereocenters. The van der Waals surface area contributed by atoms with Crippen molar-refractivity contribution in [2.45, 2.75) is 32.6 Å². The number of H-pyrrole nitrogens is 1. The van der Waals surface area contributed by atoms with E-state index in [1.165, 1.54) is 0 Å². The molecule has 0 bridgehead atoms. The van der Waals surface area contributed by atoms with Gasteiger partial charge in [0.2, 0.25) is 0 Å². The van der Waals surface area contributed by atoms with Gasteiger partial charge in [0.05, 0.1) is 12.3 Å². The third-order valence-corrected chi connectivity index (χ3v) is 2.38. The van der Waals surface area contributed by atoms with Gasteiger partial charge in [0, 0.05) is 11.8 Å². The maximum absolute atomic E-state index is 8.75. The standard InChI is InChI=1S/C9H15BrN2O/c1-9(2,3)7-8(10)12-6(11-7)4-5-13/h13H,4-5H2,1-3H3,(H,11,12). The molecule has 0 saturated heterocycles. The molecule has 0 radical (unpaired) electrons. The van der Waals surface area contributed by atoms with Crippen LogP contribution in [0.15, 0.2) is 4.60 Å². The molecule has 4 heteroatoms. The van der Waals surface area contributed by atoms with Crippen LogP contribution in [0, 0.1) is 0 Å². The van der Waals surface area contributed by atoms with Gasteiger partial charge in [0.25, 0.3) is 0 Å². The van der Waals surface area contributed by atoms with E-state index in [2.05, 4.69) is 46.7 Å². The molecule has 74 valence electrons. The molecule has 2 N–H and O–H groups in total. The SMILES string of the molecule is CC(C)(C)c1[nH]c(CCO)nc1Br. The topological polar surface area (TPSA) is 48.9 Å². The molecule has 1 heterocycles. The molecule has 1 aromatic heterocycles. The summed E-state index contributed by atoms with van der Waals surface area (Å²) in [6, 6.07) is 0. The lowest BCUT2D eigenvalue weighted by Gasteiger charge is -2.16. The number of halogens is 1. The summed E-state index contributed by atoms with van der Waals surface area (Å²) in [4.78, 5) is 7.47. The van der Waals surface area contributed by atoms with Crippen molar-refractivity contribution in [3.8, 4) is 0 Å². The lowest BCUT2D eigenvalue weighted by Crippen LogP contribution is -2.12. The minimum absolute atomic E-state index is 0.0551. The first-order chi connectivity index (χ1) is 5.95. The van der Waals surface area contributed by atoms with E-state index in [1.54, 1.807) is 0 Å². The predicted octanol–water partition coefficient (Wildman–Crippen LogP) is 2.00. The first-order valence-electron chi connectivity index (χ1n) is 4.31. The Morgan fingerprint density at radius 1 is 1.46 bits per heavy atom. The van der Waals surface area contributed by atoms with Crippen molar-refractivity contribution >= 4 is 15.9 Å². The molecule has 3 nitrogen and oxygen atoms in total. The maximum Gasteiger partial charge on any atom is 0.127 e. The van der Waals surface area contributed by atoms with E-state index in [1.807, 2.05) is 0 Å². The molecular weight excluding hydrogens is 232 g/mol. The smallest absolute Gasteiger partial charge is 0.127 e. The Kier molecular flexibility index (Phi) is 3.14. The number of nitrogens with one attached hydrogen (secondary N) is 1. The number of aliphatic hydroxyl groups excluding tert-OH is 1. The Morgan fingerprint density at radius 3 is 2.46 bits per heavy atom. The van der Waals surface area contributed by atoms with Gasteiger partial charge in [-0.3, -0.25) is 0 Å². The molecule has 0 aliphatic carbocycles. The molecular formula is C9H15BrN2O. The van der Waals surface area contributed by atoms with Gasteiger partial charge in [-0.15, -0.1) is 0 Å². The lowest BCUT2D eigenvalue weighted by molar-refractivity contribution is 0.297. The highest BCUT2D eigenvalue weighted by Gasteiger charge is 2.20. The molecule has 0 saturated carbocycles. The summed E-state index contributed by atoms with van der Waals surface area (Å²) in [5.74, 6) is 0.833. The van der Waals surface area contributed by atoms with Gasteiger partial charge in [-0.1, -0.05) is 20.8 Å². The second-order valence-corrected chi connectivity index (χ2v) is 4.82. The third kappa shape index (κ3) is 2.54. The number of imidazole rings is 1. The lowest BCUT2D eigenvalue weighted by atomic mass is 9.93. The first kappa shape index (κ1) is 10.7. The molecule has 1 aromatic rings. The summed E-state index contributed by atoms with van der Waals surface area (Å²) < 4.78 is 0.850. The normalized spacial score (nSPS) is 12.1. The van der Waals surface area contributed by atoms with E-state index >= 15 is 0 Å². The van der Waals surface area contributed by atoms with Gasteiger partial charge in [-0.25, -0.2) is 4.98 Å². The zero-order chi connectivity index (χ0) is 10.1.